The quantitative estimate of drug-likeness (QED) is 0.915. The summed E-state index contributed by atoms with van der Waals surface area (Å²) in [6, 6.07) is 15.0. The van der Waals surface area contributed by atoms with Crippen LogP contribution in [-0.2, 0) is 0 Å². The molecule has 96 valence electrons. The van der Waals surface area contributed by atoms with Gasteiger partial charge in [0.25, 0.3) is 0 Å². The van der Waals surface area contributed by atoms with Crippen molar-refractivity contribution in [2.45, 2.75) is 6.10 Å². The van der Waals surface area contributed by atoms with Gasteiger partial charge in [0.2, 0.25) is 0 Å². The zero-order chi connectivity index (χ0) is 13.7. The van der Waals surface area contributed by atoms with Crippen molar-refractivity contribution in [1.29, 1.82) is 5.26 Å². The van der Waals surface area contributed by atoms with Crippen LogP contribution in [0.2, 0.25) is 0 Å². The van der Waals surface area contributed by atoms with Crippen LogP contribution in [0.25, 0.3) is 0 Å². The lowest BCUT2D eigenvalue weighted by atomic mass is 10.1. The van der Waals surface area contributed by atoms with Gasteiger partial charge in [-0.1, -0.05) is 18.2 Å². The van der Waals surface area contributed by atoms with Gasteiger partial charge in [0.05, 0.1) is 11.6 Å². The third-order valence-electron chi connectivity index (χ3n) is 2.73. The number of halogens is 1. The van der Waals surface area contributed by atoms with Crippen molar-refractivity contribution in [3.63, 3.8) is 0 Å². The summed E-state index contributed by atoms with van der Waals surface area (Å²) in [7, 11) is 0. The van der Waals surface area contributed by atoms with E-state index in [1.807, 2.05) is 6.07 Å². The van der Waals surface area contributed by atoms with Crippen LogP contribution in [0, 0.1) is 17.1 Å². The first-order chi connectivity index (χ1) is 9.24. The molecule has 0 fully saturated rings. The second-order valence-electron chi connectivity index (χ2n) is 4.00. The van der Waals surface area contributed by atoms with Gasteiger partial charge < -0.3 is 10.5 Å². The zero-order valence-electron chi connectivity index (χ0n) is 10.2. The van der Waals surface area contributed by atoms with Crippen LogP contribution in [-0.4, -0.2) is 6.54 Å². The smallest absolute Gasteiger partial charge is 0.139 e. The Bertz CT molecular complexity index is 590. The Kier molecular flexibility index (Phi) is 4.11. The minimum absolute atomic E-state index is 0.168. The summed E-state index contributed by atoms with van der Waals surface area (Å²) < 4.78 is 19.3. The molecule has 3 nitrogen and oxygen atoms in total. The summed E-state index contributed by atoms with van der Waals surface area (Å²) in [6.07, 6.45) is -0.547. The monoisotopic (exact) mass is 256 g/mol. The third kappa shape index (κ3) is 3.09. The van der Waals surface area contributed by atoms with Crippen LogP contribution in [0.15, 0.2) is 48.5 Å². The molecule has 0 aromatic heterocycles. The predicted octanol–water partition coefficient (Wildman–Crippen LogP) is 2.78. The van der Waals surface area contributed by atoms with Crippen molar-refractivity contribution in [2.75, 3.05) is 6.54 Å². The van der Waals surface area contributed by atoms with Gasteiger partial charge in [-0.15, -0.1) is 0 Å². The fourth-order valence-electron chi connectivity index (χ4n) is 1.75. The molecule has 1 unspecified atom stereocenters. The molecule has 0 aliphatic heterocycles. The lowest BCUT2D eigenvalue weighted by Crippen LogP contribution is -2.19. The number of ether oxygens (including phenoxy) is 1. The van der Waals surface area contributed by atoms with Crippen molar-refractivity contribution in [3.05, 3.63) is 65.5 Å². The Labute approximate surface area is 111 Å². The van der Waals surface area contributed by atoms with E-state index in [0.717, 1.165) is 0 Å². The maximum absolute atomic E-state index is 13.7. The highest BCUT2D eigenvalue weighted by Crippen LogP contribution is 2.23. The van der Waals surface area contributed by atoms with Gasteiger partial charge in [0.1, 0.15) is 17.7 Å². The van der Waals surface area contributed by atoms with Crippen LogP contribution < -0.4 is 10.5 Å². The number of nitriles is 1. The van der Waals surface area contributed by atoms with Gasteiger partial charge in [-0.05, 0) is 30.3 Å². The third-order valence-corrected chi connectivity index (χ3v) is 2.73. The van der Waals surface area contributed by atoms with Crippen molar-refractivity contribution in [3.8, 4) is 11.8 Å². The molecule has 2 aromatic carbocycles. The van der Waals surface area contributed by atoms with E-state index < -0.39 is 6.10 Å². The topological polar surface area (TPSA) is 59.0 Å². The molecule has 0 saturated carbocycles. The van der Waals surface area contributed by atoms with Gasteiger partial charge in [-0.3, -0.25) is 0 Å². The first-order valence-electron chi connectivity index (χ1n) is 5.86. The average molecular weight is 256 g/mol. The van der Waals surface area contributed by atoms with E-state index in [2.05, 4.69) is 0 Å². The lowest BCUT2D eigenvalue weighted by Gasteiger charge is -2.18. The van der Waals surface area contributed by atoms with Gasteiger partial charge in [-0.2, -0.15) is 5.26 Å². The molecule has 0 aliphatic carbocycles. The second kappa shape index (κ2) is 5.98. The van der Waals surface area contributed by atoms with E-state index in [1.54, 1.807) is 42.5 Å². The Balaban J connectivity index is 2.19. The van der Waals surface area contributed by atoms with Crippen LogP contribution in [0.1, 0.15) is 17.2 Å². The molecule has 2 aromatic rings. The number of hydrogen-bond donors (Lipinski definition) is 1. The molecule has 0 amide bonds. The highest BCUT2D eigenvalue weighted by atomic mass is 19.1. The Hall–Kier alpha value is -2.38. The molecule has 0 heterocycles. The fraction of sp³-hybridized carbons (Fsp3) is 0.133. The second-order valence-corrected chi connectivity index (χ2v) is 4.00. The maximum atomic E-state index is 13.7. The molecule has 4 heteroatoms. The fourth-order valence-corrected chi connectivity index (χ4v) is 1.75. The van der Waals surface area contributed by atoms with Crippen LogP contribution in [0.5, 0.6) is 5.75 Å². The number of benzene rings is 2. The van der Waals surface area contributed by atoms with E-state index in [0.29, 0.717) is 16.9 Å². The van der Waals surface area contributed by atoms with Gasteiger partial charge in [0.15, 0.2) is 0 Å². The number of hydrogen-bond acceptors (Lipinski definition) is 3. The van der Waals surface area contributed by atoms with Gasteiger partial charge >= 0.3 is 0 Å². The summed E-state index contributed by atoms with van der Waals surface area (Å²) in [5.41, 5.74) is 6.60. The lowest BCUT2D eigenvalue weighted by molar-refractivity contribution is 0.209. The molecule has 19 heavy (non-hydrogen) atoms. The van der Waals surface area contributed by atoms with Crippen molar-refractivity contribution in [2.24, 2.45) is 5.73 Å². The molecule has 0 spiro atoms. The average Bonchev–Trinajstić information content (AvgIpc) is 2.46. The molecule has 0 saturated heterocycles. The number of nitrogens with two attached hydrogens (primary N) is 1. The summed E-state index contributed by atoms with van der Waals surface area (Å²) in [5.74, 6) is 0.212. The molecule has 0 radical (unpaired) electrons. The zero-order valence-corrected chi connectivity index (χ0v) is 10.2. The number of rotatable bonds is 4. The highest BCUT2D eigenvalue weighted by Gasteiger charge is 2.15. The van der Waals surface area contributed by atoms with Gasteiger partial charge in [0, 0.05) is 12.1 Å². The predicted molar refractivity (Wildman–Crippen MR) is 70.0 cm³/mol. The van der Waals surface area contributed by atoms with Crippen molar-refractivity contribution < 1.29 is 9.13 Å². The molecule has 1 atom stereocenters. The molecule has 0 bridgehead atoms. The maximum Gasteiger partial charge on any atom is 0.139 e. The molecule has 2 rings (SSSR count). The van der Waals surface area contributed by atoms with Gasteiger partial charge in [-0.25, -0.2) is 4.39 Å². The SMILES string of the molecule is N#Cc1ccc(OC(CN)c2ccccc2F)cc1. The van der Waals surface area contributed by atoms with E-state index in [9.17, 15) is 4.39 Å². The Morgan fingerprint density at radius 2 is 1.84 bits per heavy atom. The molecule has 0 aliphatic rings. The summed E-state index contributed by atoms with van der Waals surface area (Å²) in [6.45, 7) is 0.168. The molecular formula is C15H13FN2O. The summed E-state index contributed by atoms with van der Waals surface area (Å²) >= 11 is 0. The molecular weight excluding hydrogens is 243 g/mol. The van der Waals surface area contributed by atoms with E-state index in [4.69, 9.17) is 15.7 Å². The van der Waals surface area contributed by atoms with Crippen LogP contribution in [0.4, 0.5) is 4.39 Å². The first kappa shape index (κ1) is 13.1. The summed E-state index contributed by atoms with van der Waals surface area (Å²) in [4.78, 5) is 0. The minimum atomic E-state index is -0.547. The van der Waals surface area contributed by atoms with Crippen LogP contribution >= 0.6 is 0 Å². The van der Waals surface area contributed by atoms with E-state index in [1.165, 1.54) is 6.07 Å². The minimum Gasteiger partial charge on any atom is -0.484 e. The Morgan fingerprint density at radius 3 is 2.42 bits per heavy atom. The van der Waals surface area contributed by atoms with Crippen molar-refractivity contribution >= 4 is 0 Å². The first-order valence-corrected chi connectivity index (χ1v) is 5.86. The van der Waals surface area contributed by atoms with Crippen molar-refractivity contribution in [1.82, 2.24) is 0 Å². The molecule has 2 N–H and O–H groups in total. The standard InChI is InChI=1S/C15H13FN2O/c16-14-4-2-1-3-13(14)15(10-18)19-12-7-5-11(9-17)6-8-12/h1-8,15H,10,18H2. The largest absolute Gasteiger partial charge is 0.484 e. The summed E-state index contributed by atoms with van der Waals surface area (Å²) in [5, 5.41) is 8.71. The van der Waals surface area contributed by atoms with Crippen LogP contribution in [0.3, 0.4) is 0 Å². The normalized spacial score (nSPS) is 11.6. The highest BCUT2D eigenvalue weighted by molar-refractivity contribution is 5.35. The van der Waals surface area contributed by atoms with E-state index >= 15 is 0 Å². The van der Waals surface area contributed by atoms with E-state index in [-0.39, 0.29) is 12.4 Å². The number of nitrogens with zero attached hydrogens (tertiary/aromatic N) is 1. The Morgan fingerprint density at radius 1 is 1.16 bits per heavy atom.